The van der Waals surface area contributed by atoms with Crippen LogP contribution in [0.25, 0.3) is 0 Å². The molecule has 4 heteroatoms. The number of hydrazone groups is 1. The van der Waals surface area contributed by atoms with E-state index in [0.29, 0.717) is 12.5 Å². The number of nitrogens with one attached hydrogen (secondary N) is 1. The molecule has 0 unspecified atom stereocenters. The lowest BCUT2D eigenvalue weighted by atomic mass is 9.90. The third-order valence-electron chi connectivity index (χ3n) is 4.61. The van der Waals surface area contributed by atoms with Crippen molar-refractivity contribution in [2.75, 3.05) is 12.0 Å². The molecule has 0 aromatic heterocycles. The lowest BCUT2D eigenvalue weighted by molar-refractivity contribution is 0.0737. The molecule has 0 amide bonds. The lowest BCUT2D eigenvalue weighted by Crippen LogP contribution is -2.13. The second-order valence-corrected chi connectivity index (χ2v) is 6.60. The fourth-order valence-electron chi connectivity index (χ4n) is 3.20. The summed E-state index contributed by atoms with van der Waals surface area (Å²) >= 11 is 0. The molecule has 3 rings (SSSR count). The van der Waals surface area contributed by atoms with Crippen LogP contribution in [-0.2, 0) is 11.3 Å². The zero-order chi connectivity index (χ0) is 17.3. The summed E-state index contributed by atoms with van der Waals surface area (Å²) in [5, 5.41) is 4.25. The summed E-state index contributed by atoms with van der Waals surface area (Å²) < 4.78 is 19.5. The first-order valence-electron chi connectivity index (χ1n) is 9.01. The molecule has 1 aliphatic rings. The fraction of sp³-hybridized carbons (Fsp3) is 0.381. The van der Waals surface area contributed by atoms with Crippen molar-refractivity contribution < 1.29 is 9.13 Å². The van der Waals surface area contributed by atoms with E-state index in [1.807, 2.05) is 30.3 Å². The highest BCUT2D eigenvalue weighted by molar-refractivity contribution is 5.82. The van der Waals surface area contributed by atoms with Gasteiger partial charge >= 0.3 is 0 Å². The molecule has 1 aliphatic carbocycles. The summed E-state index contributed by atoms with van der Waals surface area (Å²) in [6.07, 6.45) is 8.16. The van der Waals surface area contributed by atoms with E-state index in [0.717, 1.165) is 23.4 Å². The van der Waals surface area contributed by atoms with Crippen LogP contribution in [0.2, 0.25) is 0 Å². The maximum atomic E-state index is 13.6. The average Bonchev–Trinajstić information content (AvgIpc) is 2.65. The monoisotopic (exact) mass is 340 g/mol. The van der Waals surface area contributed by atoms with Crippen molar-refractivity contribution in [2.45, 2.75) is 38.7 Å². The van der Waals surface area contributed by atoms with Gasteiger partial charge < -0.3 is 4.74 Å². The molecule has 0 spiro atoms. The van der Waals surface area contributed by atoms with Crippen LogP contribution in [0.4, 0.5) is 10.1 Å². The Kier molecular flexibility index (Phi) is 6.57. The maximum absolute atomic E-state index is 13.6. The van der Waals surface area contributed by atoms with Gasteiger partial charge in [-0.05, 0) is 48.6 Å². The Hall–Kier alpha value is -2.20. The van der Waals surface area contributed by atoms with E-state index in [2.05, 4.69) is 10.5 Å². The van der Waals surface area contributed by atoms with E-state index >= 15 is 0 Å². The Labute approximate surface area is 148 Å². The third-order valence-corrected chi connectivity index (χ3v) is 4.61. The molecule has 25 heavy (non-hydrogen) atoms. The smallest absolute Gasteiger partial charge is 0.123 e. The molecular weight excluding hydrogens is 315 g/mol. The number of anilines is 1. The van der Waals surface area contributed by atoms with Crippen molar-refractivity contribution in [1.82, 2.24) is 0 Å². The summed E-state index contributed by atoms with van der Waals surface area (Å²) in [6, 6.07) is 14.5. The van der Waals surface area contributed by atoms with Crippen LogP contribution in [-0.4, -0.2) is 12.8 Å². The van der Waals surface area contributed by atoms with Crippen molar-refractivity contribution in [1.29, 1.82) is 0 Å². The summed E-state index contributed by atoms with van der Waals surface area (Å²) in [5.74, 6) is 0.406. The molecule has 0 bridgehead atoms. The van der Waals surface area contributed by atoms with Crippen molar-refractivity contribution in [3.63, 3.8) is 0 Å². The summed E-state index contributed by atoms with van der Waals surface area (Å²) in [4.78, 5) is 0. The fourth-order valence-corrected chi connectivity index (χ4v) is 3.20. The normalized spacial score (nSPS) is 15.6. The Morgan fingerprint density at radius 1 is 1.08 bits per heavy atom. The van der Waals surface area contributed by atoms with E-state index in [1.54, 1.807) is 12.3 Å². The van der Waals surface area contributed by atoms with Crippen molar-refractivity contribution in [2.24, 2.45) is 11.0 Å². The number of nitrogens with zero attached hydrogens (tertiary/aromatic N) is 1. The van der Waals surface area contributed by atoms with Crippen LogP contribution in [0.1, 0.15) is 43.2 Å². The van der Waals surface area contributed by atoms with E-state index in [1.165, 1.54) is 44.2 Å². The topological polar surface area (TPSA) is 33.6 Å². The van der Waals surface area contributed by atoms with Gasteiger partial charge in [-0.3, -0.25) is 5.43 Å². The molecule has 0 saturated heterocycles. The Bertz CT molecular complexity index is 682. The van der Waals surface area contributed by atoms with Gasteiger partial charge in [-0.2, -0.15) is 5.10 Å². The van der Waals surface area contributed by atoms with Crippen molar-refractivity contribution in [3.8, 4) is 0 Å². The second-order valence-electron chi connectivity index (χ2n) is 6.60. The van der Waals surface area contributed by atoms with Crippen molar-refractivity contribution >= 4 is 11.9 Å². The minimum absolute atomic E-state index is 0.246. The minimum Gasteiger partial charge on any atom is -0.376 e. The first-order chi connectivity index (χ1) is 12.3. The molecule has 1 fully saturated rings. The van der Waals surface area contributed by atoms with Gasteiger partial charge in [0.05, 0.1) is 18.5 Å². The van der Waals surface area contributed by atoms with Gasteiger partial charge in [0.25, 0.3) is 0 Å². The highest BCUT2D eigenvalue weighted by Gasteiger charge is 2.13. The number of halogens is 1. The van der Waals surface area contributed by atoms with Crippen LogP contribution in [0.15, 0.2) is 53.6 Å². The van der Waals surface area contributed by atoms with Crippen LogP contribution in [0, 0.1) is 11.7 Å². The number of hydrogen-bond donors (Lipinski definition) is 1. The number of hydrogen-bond acceptors (Lipinski definition) is 3. The highest BCUT2D eigenvalue weighted by atomic mass is 19.1. The SMILES string of the molecule is Fc1ccc(C=NNc2ccccc2)c(COCC2CCCCC2)c1. The van der Waals surface area contributed by atoms with Gasteiger partial charge in [0.2, 0.25) is 0 Å². The standard InChI is InChI=1S/C21H25FN2O/c22-20-12-11-18(14-23-24-21-9-5-2-6-10-21)19(13-20)16-25-15-17-7-3-1-4-8-17/h2,5-6,9-14,17,24H,1,3-4,7-8,15-16H2. The third kappa shape index (κ3) is 5.68. The molecule has 1 saturated carbocycles. The molecule has 2 aromatic rings. The number of benzene rings is 2. The second kappa shape index (κ2) is 9.33. The van der Waals surface area contributed by atoms with Gasteiger partial charge in [-0.15, -0.1) is 0 Å². The van der Waals surface area contributed by atoms with Gasteiger partial charge in [0.15, 0.2) is 0 Å². The zero-order valence-electron chi connectivity index (χ0n) is 14.5. The Morgan fingerprint density at radius 3 is 2.68 bits per heavy atom. The van der Waals surface area contributed by atoms with Gasteiger partial charge in [0.1, 0.15) is 5.82 Å². The highest BCUT2D eigenvalue weighted by Crippen LogP contribution is 2.24. The number of rotatable bonds is 7. The first-order valence-corrected chi connectivity index (χ1v) is 9.01. The summed E-state index contributed by atoms with van der Waals surface area (Å²) in [7, 11) is 0. The first kappa shape index (κ1) is 17.6. The molecular formula is C21H25FN2O. The summed E-state index contributed by atoms with van der Waals surface area (Å²) in [6.45, 7) is 1.18. The molecule has 3 nitrogen and oxygen atoms in total. The van der Waals surface area contributed by atoms with E-state index in [-0.39, 0.29) is 5.82 Å². The quantitative estimate of drug-likeness (QED) is 0.543. The maximum Gasteiger partial charge on any atom is 0.123 e. The predicted molar refractivity (Wildman–Crippen MR) is 100 cm³/mol. The minimum atomic E-state index is -0.246. The molecule has 0 atom stereocenters. The van der Waals surface area contributed by atoms with Gasteiger partial charge in [-0.1, -0.05) is 43.5 Å². The van der Waals surface area contributed by atoms with E-state index < -0.39 is 0 Å². The molecule has 2 aromatic carbocycles. The number of ether oxygens (including phenoxy) is 1. The molecule has 0 aliphatic heterocycles. The van der Waals surface area contributed by atoms with Crippen LogP contribution < -0.4 is 5.43 Å². The molecule has 0 radical (unpaired) electrons. The van der Waals surface area contributed by atoms with Crippen LogP contribution in [0.5, 0.6) is 0 Å². The largest absolute Gasteiger partial charge is 0.376 e. The van der Waals surface area contributed by atoms with Crippen molar-refractivity contribution in [3.05, 3.63) is 65.5 Å². The predicted octanol–water partition coefficient (Wildman–Crippen LogP) is 5.37. The summed E-state index contributed by atoms with van der Waals surface area (Å²) in [5.41, 5.74) is 5.59. The zero-order valence-corrected chi connectivity index (χ0v) is 14.5. The molecule has 132 valence electrons. The number of para-hydroxylation sites is 1. The Balaban J connectivity index is 1.57. The average molecular weight is 340 g/mol. The molecule has 1 N–H and O–H groups in total. The Morgan fingerprint density at radius 2 is 1.88 bits per heavy atom. The van der Waals surface area contributed by atoms with E-state index in [9.17, 15) is 4.39 Å². The van der Waals surface area contributed by atoms with Gasteiger partial charge in [-0.25, -0.2) is 4.39 Å². The molecule has 0 heterocycles. The lowest BCUT2D eigenvalue weighted by Gasteiger charge is -2.21. The van der Waals surface area contributed by atoms with E-state index in [4.69, 9.17) is 4.74 Å². The van der Waals surface area contributed by atoms with Crippen LogP contribution >= 0.6 is 0 Å². The van der Waals surface area contributed by atoms with Crippen LogP contribution in [0.3, 0.4) is 0 Å². The van der Waals surface area contributed by atoms with Gasteiger partial charge in [0, 0.05) is 12.2 Å².